The summed E-state index contributed by atoms with van der Waals surface area (Å²) in [7, 11) is -2.19. The summed E-state index contributed by atoms with van der Waals surface area (Å²) in [6.07, 6.45) is 0. The summed E-state index contributed by atoms with van der Waals surface area (Å²) >= 11 is 0. The van der Waals surface area contributed by atoms with E-state index in [1.807, 2.05) is 30.3 Å². The lowest BCUT2D eigenvalue weighted by Crippen LogP contribution is -2.14. The third kappa shape index (κ3) is 2.62. The van der Waals surface area contributed by atoms with Gasteiger partial charge in [0, 0.05) is 5.56 Å². The first-order valence-corrected chi connectivity index (χ1v) is 7.25. The predicted octanol–water partition coefficient (Wildman–Crippen LogP) is 2.32. The second-order valence-electron chi connectivity index (χ2n) is 4.18. The molecule has 0 aliphatic heterocycles. The number of hydrogen-bond acceptors (Lipinski definition) is 3. The minimum Gasteiger partial charge on any atom is -0.496 e. The number of methoxy groups -OCH3 is 1. The molecular formula is C14H15NO3S. The number of ether oxygens (including phenoxy) is 1. The Hall–Kier alpha value is -1.85. The van der Waals surface area contributed by atoms with E-state index in [4.69, 9.17) is 9.88 Å². The van der Waals surface area contributed by atoms with Crippen LogP contribution in [-0.4, -0.2) is 15.5 Å². The summed E-state index contributed by atoms with van der Waals surface area (Å²) in [5.74, 6) is 0.621. The summed E-state index contributed by atoms with van der Waals surface area (Å²) < 4.78 is 28.5. The van der Waals surface area contributed by atoms with Gasteiger partial charge in [0.1, 0.15) is 5.75 Å². The number of primary sulfonamides is 1. The molecule has 0 heterocycles. The van der Waals surface area contributed by atoms with Gasteiger partial charge in [-0.3, -0.25) is 0 Å². The van der Waals surface area contributed by atoms with Crippen molar-refractivity contribution in [2.45, 2.75) is 11.8 Å². The van der Waals surface area contributed by atoms with Crippen molar-refractivity contribution in [2.75, 3.05) is 7.11 Å². The molecule has 100 valence electrons. The highest BCUT2D eigenvalue weighted by Gasteiger charge is 2.18. The molecule has 5 heteroatoms. The fourth-order valence-electron chi connectivity index (χ4n) is 2.11. The van der Waals surface area contributed by atoms with E-state index in [1.165, 1.54) is 6.07 Å². The van der Waals surface area contributed by atoms with Gasteiger partial charge in [-0.1, -0.05) is 30.3 Å². The van der Waals surface area contributed by atoms with Crippen LogP contribution in [0.25, 0.3) is 11.1 Å². The molecule has 2 aromatic rings. The van der Waals surface area contributed by atoms with Crippen LogP contribution in [0.3, 0.4) is 0 Å². The maximum atomic E-state index is 11.6. The van der Waals surface area contributed by atoms with Crippen molar-refractivity contribution in [1.29, 1.82) is 0 Å². The maximum absolute atomic E-state index is 11.6. The molecule has 0 unspecified atom stereocenters. The summed E-state index contributed by atoms with van der Waals surface area (Å²) in [5.41, 5.74) is 2.23. The highest BCUT2D eigenvalue weighted by molar-refractivity contribution is 7.89. The number of hydrogen-bond donors (Lipinski definition) is 1. The lowest BCUT2D eigenvalue weighted by molar-refractivity contribution is 0.415. The molecule has 0 atom stereocenters. The Morgan fingerprint density at radius 2 is 1.68 bits per heavy atom. The molecule has 2 N–H and O–H groups in total. The van der Waals surface area contributed by atoms with E-state index in [0.717, 1.165) is 11.1 Å². The molecule has 2 rings (SSSR count). The fourth-order valence-corrected chi connectivity index (χ4v) is 2.90. The minimum atomic E-state index is -3.74. The lowest BCUT2D eigenvalue weighted by atomic mass is 9.99. The maximum Gasteiger partial charge on any atom is 0.238 e. The topological polar surface area (TPSA) is 69.4 Å². The standard InChI is InChI=1S/C14H15NO3S/c1-10-13(19(15,16)17)9-8-12(18-2)14(10)11-6-4-3-5-7-11/h3-9H,1-2H3,(H2,15,16,17). The SMILES string of the molecule is COc1ccc(S(N)(=O)=O)c(C)c1-c1ccccc1. The number of rotatable bonds is 3. The summed E-state index contributed by atoms with van der Waals surface area (Å²) in [4.78, 5) is 0.118. The number of benzene rings is 2. The van der Waals surface area contributed by atoms with Gasteiger partial charge < -0.3 is 4.74 Å². The Morgan fingerprint density at radius 1 is 1.05 bits per heavy atom. The molecule has 0 aliphatic rings. The van der Waals surface area contributed by atoms with Crippen LogP contribution in [0.1, 0.15) is 5.56 Å². The molecule has 0 saturated heterocycles. The lowest BCUT2D eigenvalue weighted by Gasteiger charge is -2.14. The van der Waals surface area contributed by atoms with Gasteiger partial charge in [-0.15, -0.1) is 0 Å². The summed E-state index contributed by atoms with van der Waals surface area (Å²) in [6.45, 7) is 1.73. The van der Waals surface area contributed by atoms with E-state index in [1.54, 1.807) is 20.1 Å². The van der Waals surface area contributed by atoms with Crippen molar-refractivity contribution in [2.24, 2.45) is 5.14 Å². The summed E-state index contributed by atoms with van der Waals surface area (Å²) in [5, 5.41) is 5.23. The first kappa shape index (κ1) is 13.6. The van der Waals surface area contributed by atoms with Crippen LogP contribution in [0.5, 0.6) is 5.75 Å². The van der Waals surface area contributed by atoms with Crippen molar-refractivity contribution in [3.8, 4) is 16.9 Å². The molecule has 0 radical (unpaired) electrons. The third-order valence-electron chi connectivity index (χ3n) is 2.97. The number of sulfonamides is 1. The van der Waals surface area contributed by atoms with Crippen LogP contribution in [0.2, 0.25) is 0 Å². The highest BCUT2D eigenvalue weighted by Crippen LogP contribution is 2.35. The predicted molar refractivity (Wildman–Crippen MR) is 74.5 cm³/mol. The average Bonchev–Trinajstić information content (AvgIpc) is 2.37. The summed E-state index contributed by atoms with van der Waals surface area (Å²) in [6, 6.07) is 12.6. The third-order valence-corrected chi connectivity index (χ3v) is 4.02. The van der Waals surface area contributed by atoms with Crippen LogP contribution in [0, 0.1) is 6.92 Å². The zero-order valence-electron chi connectivity index (χ0n) is 10.8. The quantitative estimate of drug-likeness (QED) is 0.936. The van der Waals surface area contributed by atoms with Gasteiger partial charge in [-0.2, -0.15) is 0 Å². The highest BCUT2D eigenvalue weighted by atomic mass is 32.2. The van der Waals surface area contributed by atoms with E-state index in [0.29, 0.717) is 11.3 Å². The molecule has 0 aliphatic carbocycles. The smallest absolute Gasteiger partial charge is 0.238 e. The van der Waals surface area contributed by atoms with Gasteiger partial charge in [0.2, 0.25) is 10.0 Å². The molecule has 0 fully saturated rings. The Bertz CT molecular complexity index is 694. The zero-order valence-corrected chi connectivity index (χ0v) is 11.6. The molecule has 0 bridgehead atoms. The van der Waals surface area contributed by atoms with E-state index in [2.05, 4.69) is 0 Å². The van der Waals surface area contributed by atoms with Crippen molar-refractivity contribution in [3.05, 3.63) is 48.0 Å². The van der Waals surface area contributed by atoms with E-state index >= 15 is 0 Å². The molecular weight excluding hydrogens is 262 g/mol. The zero-order chi connectivity index (χ0) is 14.0. The van der Waals surface area contributed by atoms with Gasteiger partial charge in [0.25, 0.3) is 0 Å². The van der Waals surface area contributed by atoms with Crippen LogP contribution in [-0.2, 0) is 10.0 Å². The molecule has 0 amide bonds. The number of nitrogens with two attached hydrogens (primary N) is 1. The van der Waals surface area contributed by atoms with E-state index in [9.17, 15) is 8.42 Å². The molecule has 4 nitrogen and oxygen atoms in total. The Kier molecular flexibility index (Phi) is 3.59. The fraction of sp³-hybridized carbons (Fsp3) is 0.143. The largest absolute Gasteiger partial charge is 0.496 e. The monoisotopic (exact) mass is 277 g/mol. The van der Waals surface area contributed by atoms with Crippen LogP contribution in [0.4, 0.5) is 0 Å². The second kappa shape index (κ2) is 5.03. The van der Waals surface area contributed by atoms with Crippen LogP contribution >= 0.6 is 0 Å². The van der Waals surface area contributed by atoms with Gasteiger partial charge >= 0.3 is 0 Å². The van der Waals surface area contributed by atoms with Crippen molar-refractivity contribution < 1.29 is 13.2 Å². The van der Waals surface area contributed by atoms with Crippen molar-refractivity contribution >= 4 is 10.0 Å². The molecule has 2 aromatic carbocycles. The Labute approximate surface area is 112 Å². The van der Waals surface area contributed by atoms with E-state index in [-0.39, 0.29) is 4.90 Å². The Morgan fingerprint density at radius 3 is 2.21 bits per heavy atom. The van der Waals surface area contributed by atoms with Crippen LogP contribution in [0.15, 0.2) is 47.4 Å². The second-order valence-corrected chi connectivity index (χ2v) is 5.71. The van der Waals surface area contributed by atoms with Crippen molar-refractivity contribution in [3.63, 3.8) is 0 Å². The van der Waals surface area contributed by atoms with Gasteiger partial charge in [0.15, 0.2) is 0 Å². The van der Waals surface area contributed by atoms with Gasteiger partial charge in [-0.25, -0.2) is 13.6 Å². The first-order chi connectivity index (χ1) is 8.95. The average molecular weight is 277 g/mol. The normalized spacial score (nSPS) is 11.3. The molecule has 0 spiro atoms. The van der Waals surface area contributed by atoms with Gasteiger partial charge in [0.05, 0.1) is 12.0 Å². The Balaban J connectivity index is 2.78. The van der Waals surface area contributed by atoms with E-state index < -0.39 is 10.0 Å². The van der Waals surface area contributed by atoms with Crippen molar-refractivity contribution in [1.82, 2.24) is 0 Å². The van der Waals surface area contributed by atoms with Crippen LogP contribution < -0.4 is 9.88 Å². The van der Waals surface area contributed by atoms with Gasteiger partial charge in [-0.05, 0) is 30.2 Å². The molecule has 0 aromatic heterocycles. The molecule has 0 saturated carbocycles. The molecule has 19 heavy (non-hydrogen) atoms. The first-order valence-electron chi connectivity index (χ1n) is 5.71. The minimum absolute atomic E-state index is 0.118.